The van der Waals surface area contributed by atoms with Crippen molar-refractivity contribution in [3.8, 4) is 0 Å². The van der Waals surface area contributed by atoms with Gasteiger partial charge in [0, 0.05) is 29.2 Å². The molecule has 0 saturated carbocycles. The van der Waals surface area contributed by atoms with Gasteiger partial charge in [0.25, 0.3) is 5.56 Å². The smallest absolute Gasteiger partial charge is 0.303 e. The molecule has 1 amide bonds. The van der Waals surface area contributed by atoms with Crippen LogP contribution >= 0.6 is 11.3 Å². The summed E-state index contributed by atoms with van der Waals surface area (Å²) in [6.07, 6.45) is 3.21. The second kappa shape index (κ2) is 6.48. The van der Waals surface area contributed by atoms with Crippen molar-refractivity contribution in [2.24, 2.45) is 12.8 Å². The minimum absolute atomic E-state index is 0.238. The van der Waals surface area contributed by atoms with Crippen molar-refractivity contribution in [1.82, 2.24) is 19.3 Å². The minimum atomic E-state index is -1.18. The topological polar surface area (TPSA) is 119 Å². The first-order valence-corrected chi connectivity index (χ1v) is 10.3. The molecule has 0 aliphatic heterocycles. The van der Waals surface area contributed by atoms with Gasteiger partial charge >= 0.3 is 4.34 Å². The highest BCUT2D eigenvalue weighted by molar-refractivity contribution is 7.92. The zero-order valence-electron chi connectivity index (χ0n) is 14.5. The maximum Gasteiger partial charge on any atom is 0.303 e. The van der Waals surface area contributed by atoms with E-state index in [0.29, 0.717) is 26.5 Å². The lowest BCUT2D eigenvalue weighted by Gasteiger charge is -2.06. The number of nitrogens with two attached hydrogens (primary N) is 1. The quantitative estimate of drug-likeness (QED) is 0.516. The Kier molecular flexibility index (Phi) is 4.25. The molecule has 8 nitrogen and oxygen atoms in total. The molecule has 0 aliphatic carbocycles. The molecule has 27 heavy (non-hydrogen) atoms. The molecule has 0 spiro atoms. The van der Waals surface area contributed by atoms with Crippen LogP contribution in [0.5, 0.6) is 0 Å². The number of hydrogen-bond acceptors (Lipinski definition) is 6. The van der Waals surface area contributed by atoms with Crippen LogP contribution in [0.15, 0.2) is 39.6 Å². The van der Waals surface area contributed by atoms with Crippen LogP contribution in [0, 0.1) is 0 Å². The van der Waals surface area contributed by atoms with Crippen LogP contribution in [0.25, 0.3) is 21.3 Å². The molecule has 138 valence electrons. The van der Waals surface area contributed by atoms with Gasteiger partial charge in [-0.25, -0.2) is 4.68 Å². The Morgan fingerprint density at radius 3 is 2.67 bits per heavy atom. The van der Waals surface area contributed by atoms with Crippen LogP contribution in [0.3, 0.4) is 0 Å². The van der Waals surface area contributed by atoms with E-state index in [2.05, 4.69) is 10.1 Å². The number of primary amides is 1. The molecule has 0 saturated heterocycles. The first kappa shape index (κ1) is 17.7. The fourth-order valence-corrected chi connectivity index (χ4v) is 4.73. The third-order valence-electron chi connectivity index (χ3n) is 4.32. The van der Waals surface area contributed by atoms with Gasteiger partial charge in [-0.3, -0.25) is 9.59 Å². The fourth-order valence-electron chi connectivity index (χ4n) is 2.95. The van der Waals surface area contributed by atoms with Crippen molar-refractivity contribution in [3.05, 3.63) is 51.9 Å². The van der Waals surface area contributed by atoms with Gasteiger partial charge in [0.2, 0.25) is 5.91 Å². The van der Waals surface area contributed by atoms with E-state index in [-0.39, 0.29) is 12.1 Å². The second-order valence-electron chi connectivity index (χ2n) is 6.08. The van der Waals surface area contributed by atoms with Crippen molar-refractivity contribution in [3.63, 3.8) is 0 Å². The summed E-state index contributed by atoms with van der Waals surface area (Å²) in [7, 11) is 1.76. The molecule has 0 bridgehead atoms. The van der Waals surface area contributed by atoms with E-state index < -0.39 is 17.1 Å². The van der Waals surface area contributed by atoms with E-state index in [4.69, 9.17) is 5.73 Å². The number of hydrogen-bond donors (Lipinski definition) is 1. The lowest BCUT2D eigenvalue weighted by atomic mass is 10.1. The SMILES string of the molecule is Cn1c2nc([S+](C)[O-])sc2c2cnn(Cc3ccc(C(N)=O)cc3)c(=O)c21. The molecule has 1 atom stereocenters. The zero-order chi connectivity index (χ0) is 19.3. The van der Waals surface area contributed by atoms with Crippen LogP contribution < -0.4 is 11.3 Å². The Balaban J connectivity index is 1.79. The summed E-state index contributed by atoms with van der Waals surface area (Å²) in [6, 6.07) is 6.73. The maximum atomic E-state index is 12.9. The van der Waals surface area contributed by atoms with E-state index in [1.807, 2.05) is 0 Å². The van der Waals surface area contributed by atoms with Crippen molar-refractivity contribution in [1.29, 1.82) is 0 Å². The summed E-state index contributed by atoms with van der Waals surface area (Å²) in [5.41, 5.74) is 7.37. The average molecular weight is 401 g/mol. The van der Waals surface area contributed by atoms with Gasteiger partial charge in [-0.2, -0.15) is 10.1 Å². The van der Waals surface area contributed by atoms with E-state index in [0.717, 1.165) is 10.3 Å². The summed E-state index contributed by atoms with van der Waals surface area (Å²) in [4.78, 5) is 28.5. The number of amides is 1. The number of rotatable bonds is 4. The van der Waals surface area contributed by atoms with Crippen LogP contribution in [0.4, 0.5) is 0 Å². The Morgan fingerprint density at radius 1 is 1.33 bits per heavy atom. The molecular weight excluding hydrogens is 386 g/mol. The molecule has 3 aromatic heterocycles. The highest BCUT2D eigenvalue weighted by Crippen LogP contribution is 2.32. The Hall–Kier alpha value is -2.69. The van der Waals surface area contributed by atoms with Gasteiger partial charge in [0.05, 0.1) is 17.4 Å². The predicted octanol–water partition coefficient (Wildman–Crippen LogP) is 1.23. The molecule has 4 rings (SSSR count). The van der Waals surface area contributed by atoms with Crippen molar-refractivity contribution in [2.45, 2.75) is 10.9 Å². The summed E-state index contributed by atoms with van der Waals surface area (Å²) in [5.74, 6) is -0.498. The van der Waals surface area contributed by atoms with Crippen LogP contribution in [-0.4, -0.2) is 36.0 Å². The van der Waals surface area contributed by atoms with Crippen LogP contribution in [0.1, 0.15) is 15.9 Å². The molecule has 0 fully saturated rings. The molecule has 10 heteroatoms. The standard InChI is InChI=1S/C17H15N5O3S2/c1-21-12-11(13-15(21)20-17(26-13)27(2)25)7-19-22(16(12)24)8-9-3-5-10(6-4-9)14(18)23/h3-7H,8H2,1-2H3,(H2,18,23). The van der Waals surface area contributed by atoms with Crippen molar-refractivity contribution >= 4 is 49.7 Å². The number of aromatic nitrogens is 4. The van der Waals surface area contributed by atoms with Gasteiger partial charge in [-0.1, -0.05) is 23.5 Å². The predicted molar refractivity (Wildman–Crippen MR) is 105 cm³/mol. The van der Waals surface area contributed by atoms with Crippen molar-refractivity contribution < 1.29 is 9.35 Å². The number of thiazole rings is 1. The van der Waals surface area contributed by atoms with Gasteiger partial charge in [0.1, 0.15) is 11.8 Å². The van der Waals surface area contributed by atoms with E-state index >= 15 is 0 Å². The monoisotopic (exact) mass is 401 g/mol. The van der Waals surface area contributed by atoms with Crippen molar-refractivity contribution in [2.75, 3.05) is 6.26 Å². The molecular formula is C17H15N5O3S2. The highest BCUT2D eigenvalue weighted by Gasteiger charge is 2.21. The third-order valence-corrected chi connectivity index (χ3v) is 6.73. The molecule has 0 aliphatic rings. The molecule has 1 unspecified atom stereocenters. The molecule has 2 N–H and O–H groups in total. The number of fused-ring (bicyclic) bond motifs is 3. The fraction of sp³-hybridized carbons (Fsp3) is 0.176. The highest BCUT2D eigenvalue weighted by atomic mass is 32.2. The summed E-state index contributed by atoms with van der Waals surface area (Å²) < 4.78 is 16.1. The van der Waals surface area contributed by atoms with E-state index in [1.165, 1.54) is 16.0 Å². The number of aryl methyl sites for hydroxylation is 1. The molecule has 1 aromatic carbocycles. The van der Waals surface area contributed by atoms with E-state index in [1.54, 1.807) is 48.3 Å². The first-order chi connectivity index (χ1) is 12.9. The lowest BCUT2D eigenvalue weighted by Crippen LogP contribution is -2.24. The molecule has 3 heterocycles. The van der Waals surface area contributed by atoms with E-state index in [9.17, 15) is 14.1 Å². The number of carbonyl (C=O) groups excluding carboxylic acids is 1. The van der Waals surface area contributed by atoms with Gasteiger partial charge < -0.3 is 14.9 Å². The third kappa shape index (κ3) is 2.91. The Morgan fingerprint density at radius 2 is 2.04 bits per heavy atom. The summed E-state index contributed by atoms with van der Waals surface area (Å²) in [6.45, 7) is 0.268. The van der Waals surface area contributed by atoms with Crippen LogP contribution in [-0.2, 0) is 24.8 Å². The second-order valence-corrected chi connectivity index (χ2v) is 8.63. The number of nitrogens with zero attached hydrogens (tertiary/aromatic N) is 4. The largest absolute Gasteiger partial charge is 0.610 e. The number of benzene rings is 1. The summed E-state index contributed by atoms with van der Waals surface area (Å²) in [5, 5.41) is 4.98. The first-order valence-electron chi connectivity index (χ1n) is 7.94. The van der Waals surface area contributed by atoms with Gasteiger partial charge in [-0.05, 0) is 17.7 Å². The number of carbonyl (C=O) groups is 1. The lowest BCUT2D eigenvalue weighted by molar-refractivity contribution is 0.100. The minimum Gasteiger partial charge on any atom is -0.610 e. The van der Waals surface area contributed by atoms with Gasteiger partial charge in [0.15, 0.2) is 5.65 Å². The maximum absolute atomic E-state index is 12.9. The normalized spacial score (nSPS) is 12.7. The average Bonchev–Trinajstić information content (AvgIpc) is 3.18. The zero-order valence-corrected chi connectivity index (χ0v) is 16.1. The Bertz CT molecular complexity index is 1240. The Labute approximate surface area is 160 Å². The van der Waals surface area contributed by atoms with Gasteiger partial charge in [-0.15, -0.1) is 0 Å². The molecule has 4 aromatic rings. The molecule has 0 radical (unpaired) electrons. The van der Waals surface area contributed by atoms with Crippen LogP contribution in [0.2, 0.25) is 0 Å². The summed E-state index contributed by atoms with van der Waals surface area (Å²) >= 11 is 0.139.